The quantitative estimate of drug-likeness (QED) is 0.620. The average molecular weight is 260 g/mol. The van der Waals surface area contributed by atoms with Crippen LogP contribution >= 0.6 is 11.6 Å². The number of aryl methyl sites for hydroxylation is 2. The van der Waals surface area contributed by atoms with Crippen molar-refractivity contribution in [2.75, 3.05) is 0 Å². The molecule has 2 aromatic rings. The first kappa shape index (κ1) is 12.8. The standard InChI is InChI=1S/C15H14ClNO/c1-10-4-3-5-11(2)13(10)8-14(18)12-6-7-15(16)17-9-12/h3-7,9H,8H2,1-2H3. The molecule has 0 N–H and O–H groups in total. The van der Waals surface area contributed by atoms with Gasteiger partial charge in [0.1, 0.15) is 5.15 Å². The summed E-state index contributed by atoms with van der Waals surface area (Å²) < 4.78 is 0. The number of hydrogen-bond acceptors (Lipinski definition) is 2. The van der Waals surface area contributed by atoms with E-state index in [4.69, 9.17) is 11.6 Å². The Labute approximate surface area is 112 Å². The number of halogens is 1. The Morgan fingerprint density at radius 3 is 2.39 bits per heavy atom. The normalized spacial score (nSPS) is 10.4. The fourth-order valence-corrected chi connectivity index (χ4v) is 2.04. The molecule has 0 saturated heterocycles. The van der Waals surface area contributed by atoms with Crippen molar-refractivity contribution < 1.29 is 4.79 Å². The molecule has 0 unspecified atom stereocenters. The number of Topliss-reactive ketones (excluding diaryl/α,β-unsaturated/α-hetero) is 1. The summed E-state index contributed by atoms with van der Waals surface area (Å²) in [4.78, 5) is 16.1. The first-order valence-electron chi connectivity index (χ1n) is 5.78. The number of benzene rings is 1. The molecule has 1 heterocycles. The van der Waals surface area contributed by atoms with Crippen LogP contribution in [-0.4, -0.2) is 10.8 Å². The second kappa shape index (κ2) is 5.32. The third-order valence-corrected chi connectivity index (χ3v) is 3.25. The molecule has 2 nitrogen and oxygen atoms in total. The summed E-state index contributed by atoms with van der Waals surface area (Å²) in [5.74, 6) is 0.0663. The van der Waals surface area contributed by atoms with Gasteiger partial charge in [0, 0.05) is 18.2 Å². The molecule has 1 aromatic carbocycles. The predicted molar refractivity (Wildman–Crippen MR) is 73.2 cm³/mol. The van der Waals surface area contributed by atoms with Crippen LogP contribution in [0.3, 0.4) is 0 Å². The lowest BCUT2D eigenvalue weighted by atomic mass is 9.96. The summed E-state index contributed by atoms with van der Waals surface area (Å²) in [6.45, 7) is 4.05. The van der Waals surface area contributed by atoms with Gasteiger partial charge in [-0.05, 0) is 42.7 Å². The molecule has 0 fully saturated rings. The molecular weight excluding hydrogens is 246 g/mol. The number of pyridine rings is 1. The molecule has 0 aliphatic rings. The Morgan fingerprint density at radius 1 is 1.17 bits per heavy atom. The van der Waals surface area contributed by atoms with Crippen molar-refractivity contribution in [2.24, 2.45) is 0 Å². The number of aromatic nitrogens is 1. The molecular formula is C15H14ClNO. The SMILES string of the molecule is Cc1cccc(C)c1CC(=O)c1ccc(Cl)nc1. The van der Waals surface area contributed by atoms with Crippen LogP contribution in [0.1, 0.15) is 27.0 Å². The van der Waals surface area contributed by atoms with Crippen molar-refractivity contribution in [3.63, 3.8) is 0 Å². The van der Waals surface area contributed by atoms with E-state index in [-0.39, 0.29) is 5.78 Å². The van der Waals surface area contributed by atoms with Gasteiger partial charge in [0.05, 0.1) is 0 Å². The van der Waals surface area contributed by atoms with E-state index in [1.54, 1.807) is 12.1 Å². The van der Waals surface area contributed by atoms with Crippen molar-refractivity contribution in [1.29, 1.82) is 0 Å². The van der Waals surface area contributed by atoms with Crippen LogP contribution in [0.25, 0.3) is 0 Å². The highest BCUT2D eigenvalue weighted by Gasteiger charge is 2.11. The van der Waals surface area contributed by atoms with Crippen molar-refractivity contribution in [1.82, 2.24) is 4.98 Å². The summed E-state index contributed by atoms with van der Waals surface area (Å²) in [5.41, 5.74) is 3.98. The van der Waals surface area contributed by atoms with Crippen LogP contribution in [0.5, 0.6) is 0 Å². The minimum Gasteiger partial charge on any atom is -0.294 e. The van der Waals surface area contributed by atoms with Gasteiger partial charge in [-0.15, -0.1) is 0 Å². The zero-order valence-corrected chi connectivity index (χ0v) is 11.2. The zero-order valence-electron chi connectivity index (χ0n) is 10.4. The number of nitrogens with zero attached hydrogens (tertiary/aromatic N) is 1. The molecule has 3 heteroatoms. The first-order valence-corrected chi connectivity index (χ1v) is 6.15. The van der Waals surface area contributed by atoms with Crippen molar-refractivity contribution >= 4 is 17.4 Å². The van der Waals surface area contributed by atoms with Gasteiger partial charge in [0.2, 0.25) is 0 Å². The lowest BCUT2D eigenvalue weighted by molar-refractivity contribution is 0.0992. The van der Waals surface area contributed by atoms with Crippen LogP contribution in [0.2, 0.25) is 5.15 Å². The third kappa shape index (κ3) is 2.77. The summed E-state index contributed by atoms with van der Waals surface area (Å²) in [6, 6.07) is 9.40. The predicted octanol–water partition coefficient (Wildman–Crippen LogP) is 3.78. The average Bonchev–Trinajstić information content (AvgIpc) is 2.34. The van der Waals surface area contributed by atoms with Crippen molar-refractivity contribution in [3.8, 4) is 0 Å². The van der Waals surface area contributed by atoms with Crippen LogP contribution in [0.4, 0.5) is 0 Å². The molecule has 2 rings (SSSR count). The Balaban J connectivity index is 2.24. The fraction of sp³-hybridized carbons (Fsp3) is 0.200. The first-order chi connectivity index (χ1) is 8.58. The van der Waals surface area contributed by atoms with Gasteiger partial charge in [0.15, 0.2) is 5.78 Å². The maximum Gasteiger partial charge on any atom is 0.168 e. The maximum absolute atomic E-state index is 12.1. The van der Waals surface area contributed by atoms with E-state index in [1.165, 1.54) is 6.20 Å². The highest BCUT2D eigenvalue weighted by atomic mass is 35.5. The molecule has 18 heavy (non-hydrogen) atoms. The zero-order chi connectivity index (χ0) is 13.1. The van der Waals surface area contributed by atoms with E-state index in [0.29, 0.717) is 17.1 Å². The highest BCUT2D eigenvalue weighted by molar-refractivity contribution is 6.29. The topological polar surface area (TPSA) is 30.0 Å². The van der Waals surface area contributed by atoms with E-state index in [1.807, 2.05) is 32.0 Å². The summed E-state index contributed by atoms with van der Waals surface area (Å²) in [6.07, 6.45) is 1.93. The third-order valence-electron chi connectivity index (χ3n) is 3.03. The van der Waals surface area contributed by atoms with Crippen LogP contribution in [-0.2, 0) is 6.42 Å². The lowest BCUT2D eigenvalue weighted by Gasteiger charge is -2.08. The van der Waals surface area contributed by atoms with Gasteiger partial charge in [-0.2, -0.15) is 0 Å². The molecule has 0 amide bonds. The monoisotopic (exact) mass is 259 g/mol. The largest absolute Gasteiger partial charge is 0.294 e. The number of carbonyl (C=O) groups is 1. The molecule has 0 radical (unpaired) electrons. The molecule has 0 spiro atoms. The Kier molecular flexibility index (Phi) is 3.78. The van der Waals surface area contributed by atoms with Crippen molar-refractivity contribution in [3.05, 3.63) is 63.9 Å². The van der Waals surface area contributed by atoms with Gasteiger partial charge in [0.25, 0.3) is 0 Å². The van der Waals surface area contributed by atoms with Gasteiger partial charge >= 0.3 is 0 Å². The van der Waals surface area contributed by atoms with Crippen LogP contribution in [0.15, 0.2) is 36.5 Å². The minimum absolute atomic E-state index is 0.0663. The van der Waals surface area contributed by atoms with E-state index < -0.39 is 0 Å². The van der Waals surface area contributed by atoms with Gasteiger partial charge in [-0.1, -0.05) is 29.8 Å². The molecule has 0 saturated carbocycles. The minimum atomic E-state index is 0.0663. The van der Waals surface area contributed by atoms with E-state index >= 15 is 0 Å². The van der Waals surface area contributed by atoms with E-state index in [9.17, 15) is 4.79 Å². The van der Waals surface area contributed by atoms with Gasteiger partial charge in [-0.3, -0.25) is 4.79 Å². The smallest absolute Gasteiger partial charge is 0.168 e. The number of ketones is 1. The van der Waals surface area contributed by atoms with Crippen LogP contribution < -0.4 is 0 Å². The molecule has 92 valence electrons. The number of hydrogen-bond donors (Lipinski definition) is 0. The van der Waals surface area contributed by atoms with E-state index in [2.05, 4.69) is 4.98 Å². The van der Waals surface area contributed by atoms with E-state index in [0.717, 1.165) is 16.7 Å². The highest BCUT2D eigenvalue weighted by Crippen LogP contribution is 2.16. The molecule has 0 aliphatic heterocycles. The molecule has 1 aromatic heterocycles. The number of carbonyl (C=O) groups excluding carboxylic acids is 1. The Bertz CT molecular complexity index is 555. The second-order valence-electron chi connectivity index (χ2n) is 4.34. The van der Waals surface area contributed by atoms with Crippen molar-refractivity contribution in [2.45, 2.75) is 20.3 Å². The molecule has 0 bridgehead atoms. The fourth-order valence-electron chi connectivity index (χ4n) is 1.93. The summed E-state index contributed by atoms with van der Waals surface area (Å²) in [5, 5.41) is 0.402. The maximum atomic E-state index is 12.1. The summed E-state index contributed by atoms with van der Waals surface area (Å²) in [7, 11) is 0. The Hall–Kier alpha value is -1.67. The second-order valence-corrected chi connectivity index (χ2v) is 4.73. The molecule has 0 atom stereocenters. The molecule has 0 aliphatic carbocycles. The van der Waals surface area contributed by atoms with Crippen LogP contribution in [0, 0.1) is 13.8 Å². The lowest BCUT2D eigenvalue weighted by Crippen LogP contribution is -2.06. The summed E-state index contributed by atoms with van der Waals surface area (Å²) >= 11 is 5.70. The van der Waals surface area contributed by atoms with Gasteiger partial charge < -0.3 is 0 Å². The Morgan fingerprint density at radius 2 is 1.83 bits per heavy atom. The van der Waals surface area contributed by atoms with Gasteiger partial charge in [-0.25, -0.2) is 4.98 Å². The number of rotatable bonds is 3.